The molecule has 0 aliphatic carbocycles. The Bertz CT molecular complexity index is 1310. The molecule has 0 aromatic heterocycles. The first kappa shape index (κ1) is 21.2. The molecule has 1 saturated heterocycles. The van der Waals surface area contributed by atoms with Crippen LogP contribution < -0.4 is 4.74 Å². The Morgan fingerprint density at radius 3 is 2.67 bits per heavy atom. The van der Waals surface area contributed by atoms with Gasteiger partial charge in [0.2, 0.25) is 0 Å². The third kappa shape index (κ3) is 4.75. The number of nitrogens with zero attached hydrogens (tertiary/aromatic N) is 1. The Morgan fingerprint density at radius 1 is 0.970 bits per heavy atom. The maximum Gasteiger partial charge on any atom is 0.120 e. The summed E-state index contributed by atoms with van der Waals surface area (Å²) in [7, 11) is 0. The Labute approximate surface area is 193 Å². The summed E-state index contributed by atoms with van der Waals surface area (Å²) in [5, 5.41) is 21.5. The van der Waals surface area contributed by atoms with Gasteiger partial charge in [-0.05, 0) is 69.8 Å². The maximum absolute atomic E-state index is 9.95. The number of ether oxygens (including phenoxy) is 2. The first-order valence-electron chi connectivity index (χ1n) is 11.2. The first-order valence-corrected chi connectivity index (χ1v) is 11.2. The van der Waals surface area contributed by atoms with Crippen molar-refractivity contribution in [2.45, 2.75) is 31.7 Å². The predicted octanol–water partition coefficient (Wildman–Crippen LogP) is 6.17. The lowest BCUT2D eigenvalue weighted by Gasteiger charge is -2.27. The van der Waals surface area contributed by atoms with Crippen LogP contribution in [-0.4, -0.2) is 17.8 Å². The van der Waals surface area contributed by atoms with Gasteiger partial charge in [-0.1, -0.05) is 54.6 Å². The maximum atomic E-state index is 9.95. The zero-order valence-corrected chi connectivity index (χ0v) is 18.3. The van der Waals surface area contributed by atoms with E-state index in [0.29, 0.717) is 31.6 Å². The number of rotatable bonds is 5. The van der Waals surface area contributed by atoms with Crippen LogP contribution in [0.3, 0.4) is 0 Å². The summed E-state index contributed by atoms with van der Waals surface area (Å²) < 4.78 is 12.0. The lowest BCUT2D eigenvalue weighted by molar-refractivity contribution is -0.0448. The van der Waals surface area contributed by atoms with Gasteiger partial charge in [0.25, 0.3) is 0 Å². The summed E-state index contributed by atoms with van der Waals surface area (Å²) >= 11 is 0. The predicted molar refractivity (Wildman–Crippen MR) is 129 cm³/mol. The third-order valence-corrected chi connectivity index (χ3v) is 6.12. The topological polar surface area (TPSA) is 62.5 Å². The Hall–Kier alpha value is -3.65. The van der Waals surface area contributed by atoms with Gasteiger partial charge in [-0.25, -0.2) is 0 Å². The average Bonchev–Trinajstić information content (AvgIpc) is 2.87. The van der Waals surface area contributed by atoms with Crippen LogP contribution in [0.15, 0.2) is 84.9 Å². The van der Waals surface area contributed by atoms with Crippen molar-refractivity contribution in [2.24, 2.45) is 0 Å². The number of hydrogen-bond acceptors (Lipinski definition) is 4. The van der Waals surface area contributed by atoms with E-state index >= 15 is 0 Å². The van der Waals surface area contributed by atoms with Gasteiger partial charge >= 0.3 is 0 Å². The van der Waals surface area contributed by atoms with Crippen LogP contribution in [0.2, 0.25) is 0 Å². The number of aliphatic hydroxyl groups excluding tert-OH is 1. The Morgan fingerprint density at radius 2 is 1.85 bits per heavy atom. The minimum atomic E-state index is -0.305. The smallest absolute Gasteiger partial charge is 0.120 e. The van der Waals surface area contributed by atoms with Crippen LogP contribution in [0.4, 0.5) is 0 Å². The summed E-state index contributed by atoms with van der Waals surface area (Å²) in [4.78, 5) is 0. The molecule has 0 amide bonds. The van der Waals surface area contributed by atoms with E-state index < -0.39 is 0 Å². The lowest BCUT2D eigenvalue weighted by atomic mass is 9.96. The third-order valence-electron chi connectivity index (χ3n) is 6.12. The van der Waals surface area contributed by atoms with Crippen LogP contribution in [0.25, 0.3) is 21.9 Å². The van der Waals surface area contributed by atoms with Gasteiger partial charge in [-0.2, -0.15) is 5.26 Å². The molecule has 1 N–H and O–H groups in total. The second-order valence-electron chi connectivity index (χ2n) is 8.46. The molecule has 0 radical (unpaired) electrons. The lowest BCUT2D eigenvalue weighted by Crippen LogP contribution is -2.23. The molecule has 1 aliphatic heterocycles. The largest absolute Gasteiger partial charge is 0.489 e. The molecule has 1 heterocycles. The fourth-order valence-electron chi connectivity index (χ4n) is 4.42. The van der Waals surface area contributed by atoms with E-state index in [1.54, 1.807) is 0 Å². The summed E-state index contributed by atoms with van der Waals surface area (Å²) in [6, 6.07) is 30.4. The fourth-order valence-corrected chi connectivity index (χ4v) is 4.42. The molecule has 0 saturated carbocycles. The van der Waals surface area contributed by atoms with Crippen LogP contribution in [0.5, 0.6) is 5.75 Å². The zero-order valence-electron chi connectivity index (χ0n) is 18.3. The minimum Gasteiger partial charge on any atom is -0.489 e. The number of aliphatic hydroxyl groups is 1. The number of hydrogen-bond donors (Lipinski definition) is 1. The van der Waals surface area contributed by atoms with Crippen LogP contribution >= 0.6 is 0 Å². The normalized spacial score (nSPS) is 18.1. The number of nitriles is 1. The molecule has 0 bridgehead atoms. The van der Waals surface area contributed by atoms with E-state index in [-0.39, 0.29) is 12.2 Å². The fraction of sp³-hybridized carbons (Fsp3) is 0.207. The van der Waals surface area contributed by atoms with Crippen molar-refractivity contribution in [2.75, 3.05) is 6.61 Å². The second-order valence-corrected chi connectivity index (χ2v) is 8.46. The molecule has 0 spiro atoms. The van der Waals surface area contributed by atoms with Gasteiger partial charge in [-0.3, -0.25) is 0 Å². The SMILES string of the molecule is N#Cc1cc(-c2ccccc2)c2ccc(OCc3cccc(C4CC(O)CCO4)c3)cc2c1. The molecule has 2 atom stereocenters. The highest BCUT2D eigenvalue weighted by Crippen LogP contribution is 2.33. The van der Waals surface area contributed by atoms with Gasteiger partial charge < -0.3 is 14.6 Å². The quantitative estimate of drug-likeness (QED) is 0.407. The standard InChI is InChI=1S/C29H25NO3/c30-18-21-14-24-16-26(9-10-27(24)28(15-21)22-6-2-1-3-7-22)33-19-20-5-4-8-23(13-20)29-17-25(31)11-12-32-29/h1-10,13-16,25,29,31H,11-12,17,19H2. The molecule has 4 aromatic carbocycles. The second kappa shape index (κ2) is 9.46. The van der Waals surface area contributed by atoms with Gasteiger partial charge in [0.1, 0.15) is 12.4 Å². The summed E-state index contributed by atoms with van der Waals surface area (Å²) in [5.74, 6) is 0.756. The molecule has 1 aliphatic rings. The molecule has 2 unspecified atom stereocenters. The van der Waals surface area contributed by atoms with E-state index in [4.69, 9.17) is 9.47 Å². The van der Waals surface area contributed by atoms with Gasteiger partial charge in [0, 0.05) is 13.0 Å². The molecule has 4 heteroatoms. The van der Waals surface area contributed by atoms with Crippen molar-refractivity contribution >= 4 is 10.8 Å². The monoisotopic (exact) mass is 435 g/mol. The number of fused-ring (bicyclic) bond motifs is 1. The van der Waals surface area contributed by atoms with Crippen molar-refractivity contribution in [1.82, 2.24) is 0 Å². The Kier molecular flexibility index (Phi) is 6.08. The van der Waals surface area contributed by atoms with E-state index in [0.717, 1.165) is 38.8 Å². The van der Waals surface area contributed by atoms with Crippen molar-refractivity contribution in [3.63, 3.8) is 0 Å². The molecule has 164 valence electrons. The molecule has 4 aromatic rings. The van der Waals surface area contributed by atoms with Gasteiger partial charge in [0.05, 0.1) is 23.8 Å². The molecule has 1 fully saturated rings. The van der Waals surface area contributed by atoms with Crippen LogP contribution in [-0.2, 0) is 11.3 Å². The summed E-state index contributed by atoms with van der Waals surface area (Å²) in [5.41, 5.74) is 4.87. The van der Waals surface area contributed by atoms with Crippen LogP contribution in [0, 0.1) is 11.3 Å². The van der Waals surface area contributed by atoms with Crippen LogP contribution in [0.1, 0.15) is 35.6 Å². The van der Waals surface area contributed by atoms with E-state index in [1.165, 1.54) is 0 Å². The summed E-state index contributed by atoms with van der Waals surface area (Å²) in [6.45, 7) is 1.01. The minimum absolute atomic E-state index is 0.0739. The Balaban J connectivity index is 1.38. The summed E-state index contributed by atoms with van der Waals surface area (Å²) in [6.07, 6.45) is 0.941. The van der Waals surface area contributed by atoms with E-state index in [2.05, 4.69) is 30.3 Å². The highest BCUT2D eigenvalue weighted by Gasteiger charge is 2.22. The molecule has 5 rings (SSSR count). The van der Waals surface area contributed by atoms with E-state index in [1.807, 2.05) is 60.7 Å². The highest BCUT2D eigenvalue weighted by atomic mass is 16.5. The van der Waals surface area contributed by atoms with E-state index in [9.17, 15) is 10.4 Å². The van der Waals surface area contributed by atoms with Gasteiger partial charge in [-0.15, -0.1) is 0 Å². The van der Waals surface area contributed by atoms with Gasteiger partial charge in [0.15, 0.2) is 0 Å². The van der Waals surface area contributed by atoms with Crippen molar-refractivity contribution in [1.29, 1.82) is 5.26 Å². The van der Waals surface area contributed by atoms with Crippen molar-refractivity contribution in [3.05, 3.63) is 102 Å². The van der Waals surface area contributed by atoms with Crippen molar-refractivity contribution < 1.29 is 14.6 Å². The molecular formula is C29H25NO3. The highest BCUT2D eigenvalue weighted by molar-refractivity contribution is 5.98. The zero-order chi connectivity index (χ0) is 22.6. The molecule has 4 nitrogen and oxygen atoms in total. The molecular weight excluding hydrogens is 410 g/mol. The first-order chi connectivity index (χ1) is 16.2. The average molecular weight is 436 g/mol. The van der Waals surface area contributed by atoms with Crippen molar-refractivity contribution in [3.8, 4) is 22.9 Å². The number of benzene rings is 4. The molecule has 33 heavy (non-hydrogen) atoms.